The summed E-state index contributed by atoms with van der Waals surface area (Å²) < 4.78 is 0. The first-order chi connectivity index (χ1) is 11.3. The summed E-state index contributed by atoms with van der Waals surface area (Å²) in [4.78, 5) is 22.0. The van der Waals surface area contributed by atoms with Gasteiger partial charge in [0.05, 0.1) is 5.69 Å². The Balaban J connectivity index is 1.86. The van der Waals surface area contributed by atoms with Gasteiger partial charge >= 0.3 is 0 Å². The summed E-state index contributed by atoms with van der Waals surface area (Å²) in [6.07, 6.45) is 1.76. The average Bonchev–Trinajstić information content (AvgIpc) is 2.64. The molecular weight excluding hydrogens is 286 g/mol. The second kappa shape index (κ2) is 7.38. The largest absolute Gasteiger partial charge is 0.339 e. The number of likely N-dealkylation sites (N-methyl/N-ethyl adjacent to an activating group) is 1. The maximum atomic E-state index is 13.2. The van der Waals surface area contributed by atoms with Crippen LogP contribution in [0.5, 0.6) is 0 Å². The number of carbonyl (C=O) groups excluding carboxylic acids is 1. The third kappa shape index (κ3) is 3.59. The molecule has 0 bridgehead atoms. The highest BCUT2D eigenvalue weighted by Crippen LogP contribution is 2.25. The number of piperazine rings is 1. The van der Waals surface area contributed by atoms with Gasteiger partial charge in [0.1, 0.15) is 5.92 Å². The first-order valence-electron chi connectivity index (χ1n) is 8.26. The zero-order valence-electron chi connectivity index (χ0n) is 13.6. The molecule has 4 nitrogen and oxygen atoms in total. The van der Waals surface area contributed by atoms with Crippen molar-refractivity contribution in [2.45, 2.75) is 12.8 Å². The van der Waals surface area contributed by atoms with Crippen molar-refractivity contribution in [3.63, 3.8) is 0 Å². The van der Waals surface area contributed by atoms with Crippen molar-refractivity contribution >= 4 is 5.91 Å². The van der Waals surface area contributed by atoms with Gasteiger partial charge in [-0.3, -0.25) is 9.78 Å². The topological polar surface area (TPSA) is 36.4 Å². The zero-order valence-corrected chi connectivity index (χ0v) is 13.6. The van der Waals surface area contributed by atoms with E-state index < -0.39 is 0 Å². The fourth-order valence-electron chi connectivity index (χ4n) is 3.10. The predicted molar refractivity (Wildman–Crippen MR) is 91.2 cm³/mol. The summed E-state index contributed by atoms with van der Waals surface area (Å²) in [6.45, 7) is 6.70. The van der Waals surface area contributed by atoms with E-state index in [-0.39, 0.29) is 11.8 Å². The maximum absolute atomic E-state index is 13.2. The number of carbonyl (C=O) groups is 1. The molecule has 1 aromatic heterocycles. The molecular formula is C19H23N3O. The molecule has 1 aliphatic heterocycles. The Morgan fingerprint density at radius 3 is 2.35 bits per heavy atom. The highest BCUT2D eigenvalue weighted by molar-refractivity contribution is 5.86. The quantitative estimate of drug-likeness (QED) is 0.870. The third-order valence-electron chi connectivity index (χ3n) is 4.49. The van der Waals surface area contributed by atoms with Crippen molar-refractivity contribution in [3.8, 4) is 0 Å². The molecule has 2 aromatic rings. The van der Waals surface area contributed by atoms with E-state index in [1.54, 1.807) is 6.20 Å². The van der Waals surface area contributed by atoms with Gasteiger partial charge in [0.2, 0.25) is 5.91 Å². The lowest BCUT2D eigenvalue weighted by Crippen LogP contribution is -2.50. The average molecular weight is 309 g/mol. The van der Waals surface area contributed by atoms with Crippen molar-refractivity contribution in [2.75, 3.05) is 32.7 Å². The van der Waals surface area contributed by atoms with Gasteiger partial charge in [0.25, 0.3) is 0 Å². The Kier molecular flexibility index (Phi) is 5.03. The van der Waals surface area contributed by atoms with Crippen LogP contribution in [0, 0.1) is 0 Å². The van der Waals surface area contributed by atoms with Crippen LogP contribution in [0.15, 0.2) is 54.7 Å². The van der Waals surface area contributed by atoms with E-state index in [0.717, 1.165) is 44.0 Å². The second-order valence-electron chi connectivity index (χ2n) is 5.86. The summed E-state index contributed by atoms with van der Waals surface area (Å²) in [5.74, 6) is -0.156. The van der Waals surface area contributed by atoms with Gasteiger partial charge < -0.3 is 9.80 Å². The Hall–Kier alpha value is -2.20. The van der Waals surface area contributed by atoms with Crippen LogP contribution < -0.4 is 0 Å². The summed E-state index contributed by atoms with van der Waals surface area (Å²) >= 11 is 0. The molecule has 1 saturated heterocycles. The van der Waals surface area contributed by atoms with Crippen LogP contribution in [0.4, 0.5) is 0 Å². The van der Waals surface area contributed by atoms with Gasteiger partial charge in [-0.05, 0) is 24.2 Å². The van der Waals surface area contributed by atoms with E-state index in [1.807, 2.05) is 53.4 Å². The summed E-state index contributed by atoms with van der Waals surface area (Å²) in [5, 5.41) is 0. The molecule has 120 valence electrons. The Morgan fingerprint density at radius 1 is 1.04 bits per heavy atom. The molecule has 1 atom stereocenters. The van der Waals surface area contributed by atoms with E-state index in [1.165, 1.54) is 0 Å². The first-order valence-corrected chi connectivity index (χ1v) is 8.26. The zero-order chi connectivity index (χ0) is 16.1. The van der Waals surface area contributed by atoms with Crippen LogP contribution in [0.2, 0.25) is 0 Å². The minimum atomic E-state index is -0.314. The molecule has 1 amide bonds. The minimum absolute atomic E-state index is 0.158. The van der Waals surface area contributed by atoms with Crippen molar-refractivity contribution < 1.29 is 4.79 Å². The number of amides is 1. The van der Waals surface area contributed by atoms with Gasteiger partial charge in [-0.2, -0.15) is 0 Å². The van der Waals surface area contributed by atoms with Crippen molar-refractivity contribution in [1.29, 1.82) is 0 Å². The smallest absolute Gasteiger partial charge is 0.236 e. The molecule has 0 saturated carbocycles. The molecule has 0 N–H and O–H groups in total. The standard InChI is InChI=1S/C19H23N3O/c1-2-21-12-14-22(15-13-21)19(23)18(16-8-4-3-5-9-16)17-10-6-7-11-20-17/h3-11,18H,2,12-15H2,1H3. The second-order valence-corrected chi connectivity index (χ2v) is 5.86. The normalized spacial score (nSPS) is 17.0. The monoisotopic (exact) mass is 309 g/mol. The minimum Gasteiger partial charge on any atom is -0.339 e. The molecule has 1 unspecified atom stereocenters. The lowest BCUT2D eigenvalue weighted by atomic mass is 9.93. The Labute approximate surface area is 137 Å². The van der Waals surface area contributed by atoms with Crippen LogP contribution in [-0.2, 0) is 4.79 Å². The van der Waals surface area contributed by atoms with Crippen LogP contribution in [-0.4, -0.2) is 53.4 Å². The van der Waals surface area contributed by atoms with Gasteiger partial charge in [0, 0.05) is 32.4 Å². The number of pyridine rings is 1. The predicted octanol–water partition coefficient (Wildman–Crippen LogP) is 2.38. The molecule has 4 heteroatoms. The molecule has 23 heavy (non-hydrogen) atoms. The summed E-state index contributed by atoms with van der Waals surface area (Å²) in [5.41, 5.74) is 1.83. The van der Waals surface area contributed by atoms with Crippen LogP contribution in [0.25, 0.3) is 0 Å². The lowest BCUT2D eigenvalue weighted by molar-refractivity contribution is -0.133. The van der Waals surface area contributed by atoms with Crippen molar-refractivity contribution in [3.05, 3.63) is 66.0 Å². The van der Waals surface area contributed by atoms with Crippen LogP contribution in [0.1, 0.15) is 24.1 Å². The van der Waals surface area contributed by atoms with E-state index in [4.69, 9.17) is 0 Å². The highest BCUT2D eigenvalue weighted by atomic mass is 16.2. The van der Waals surface area contributed by atoms with Gasteiger partial charge in [-0.1, -0.05) is 43.3 Å². The number of aromatic nitrogens is 1. The number of nitrogens with zero attached hydrogens (tertiary/aromatic N) is 3. The molecule has 3 rings (SSSR count). The van der Waals surface area contributed by atoms with Gasteiger partial charge in [-0.15, -0.1) is 0 Å². The molecule has 2 heterocycles. The van der Waals surface area contributed by atoms with Crippen LogP contribution >= 0.6 is 0 Å². The molecule has 1 aliphatic rings. The Bertz CT molecular complexity index is 582. The summed E-state index contributed by atoms with van der Waals surface area (Å²) in [7, 11) is 0. The van der Waals surface area contributed by atoms with E-state index in [2.05, 4.69) is 16.8 Å². The van der Waals surface area contributed by atoms with Gasteiger partial charge in [0.15, 0.2) is 0 Å². The molecule has 0 spiro atoms. The number of benzene rings is 1. The molecule has 0 radical (unpaired) electrons. The Morgan fingerprint density at radius 2 is 1.74 bits per heavy atom. The molecule has 1 fully saturated rings. The first kappa shape index (κ1) is 15.7. The number of rotatable bonds is 4. The fraction of sp³-hybridized carbons (Fsp3) is 0.368. The molecule has 1 aromatic carbocycles. The van der Waals surface area contributed by atoms with E-state index >= 15 is 0 Å². The highest BCUT2D eigenvalue weighted by Gasteiger charge is 2.30. The SMILES string of the molecule is CCN1CCN(C(=O)C(c2ccccc2)c2ccccn2)CC1. The third-order valence-corrected chi connectivity index (χ3v) is 4.49. The van der Waals surface area contributed by atoms with Crippen LogP contribution in [0.3, 0.4) is 0 Å². The number of hydrogen-bond donors (Lipinski definition) is 0. The number of hydrogen-bond acceptors (Lipinski definition) is 3. The lowest BCUT2D eigenvalue weighted by Gasteiger charge is -2.36. The van der Waals surface area contributed by atoms with Crippen molar-refractivity contribution in [1.82, 2.24) is 14.8 Å². The summed E-state index contributed by atoms with van der Waals surface area (Å²) in [6, 6.07) is 15.7. The maximum Gasteiger partial charge on any atom is 0.236 e. The van der Waals surface area contributed by atoms with E-state index in [0.29, 0.717) is 0 Å². The van der Waals surface area contributed by atoms with E-state index in [9.17, 15) is 4.79 Å². The molecule has 0 aliphatic carbocycles. The fourth-order valence-corrected chi connectivity index (χ4v) is 3.10. The van der Waals surface area contributed by atoms with Crippen molar-refractivity contribution in [2.24, 2.45) is 0 Å². The van der Waals surface area contributed by atoms with Gasteiger partial charge in [-0.25, -0.2) is 0 Å².